The first-order chi connectivity index (χ1) is 5.13. The molecule has 0 amide bonds. The van der Waals surface area contributed by atoms with Crippen molar-refractivity contribution >= 4 is 11.1 Å². The van der Waals surface area contributed by atoms with Crippen molar-refractivity contribution in [2.75, 3.05) is 0 Å². The lowest BCUT2D eigenvalue weighted by Crippen LogP contribution is -1.96. The monoisotopic (exact) mass is 174 g/mol. The van der Waals surface area contributed by atoms with Crippen molar-refractivity contribution in [2.24, 2.45) is 0 Å². The fourth-order valence-electron chi connectivity index (χ4n) is 0.838. The fourth-order valence-corrected chi connectivity index (χ4v) is 1.42. The van der Waals surface area contributed by atoms with Gasteiger partial charge < -0.3 is 4.55 Å². The van der Waals surface area contributed by atoms with E-state index < -0.39 is 16.9 Å². The minimum Gasteiger partial charge on any atom is -0.302 e. The Kier molecular flexibility index (Phi) is 2.36. The molecule has 1 rings (SSSR count). The van der Waals surface area contributed by atoms with Crippen molar-refractivity contribution in [3.8, 4) is 0 Å². The summed E-state index contributed by atoms with van der Waals surface area (Å²) in [7, 11) is 0. The van der Waals surface area contributed by atoms with Crippen molar-refractivity contribution < 1.29 is 13.2 Å². The molecule has 0 fully saturated rings. The van der Waals surface area contributed by atoms with Gasteiger partial charge in [0, 0.05) is 0 Å². The molecule has 1 aromatic carbocycles. The van der Waals surface area contributed by atoms with Gasteiger partial charge in [0.1, 0.15) is 10.7 Å². The van der Waals surface area contributed by atoms with E-state index in [1.165, 1.54) is 6.07 Å². The van der Waals surface area contributed by atoms with Crippen molar-refractivity contribution in [1.29, 1.82) is 0 Å². The van der Waals surface area contributed by atoms with Gasteiger partial charge in [0.05, 0.1) is 0 Å². The molecule has 0 saturated heterocycles. The smallest absolute Gasteiger partial charge is 0.189 e. The Morgan fingerprint density at radius 3 is 2.55 bits per heavy atom. The Balaban J connectivity index is 3.32. The van der Waals surface area contributed by atoms with Crippen LogP contribution in [0, 0.1) is 12.7 Å². The normalized spacial score (nSPS) is 13.0. The van der Waals surface area contributed by atoms with Gasteiger partial charge in [-0.25, -0.2) is 8.60 Å². The van der Waals surface area contributed by atoms with Crippen molar-refractivity contribution in [3.63, 3.8) is 0 Å². The van der Waals surface area contributed by atoms with Crippen LogP contribution in [0.2, 0.25) is 0 Å². The third-order valence-corrected chi connectivity index (χ3v) is 2.20. The van der Waals surface area contributed by atoms with Crippen LogP contribution in [-0.2, 0) is 11.1 Å². The Hall–Kier alpha value is -0.740. The molecule has 11 heavy (non-hydrogen) atoms. The molecule has 4 heteroatoms. The highest BCUT2D eigenvalue weighted by molar-refractivity contribution is 7.79. The van der Waals surface area contributed by atoms with Crippen LogP contribution in [0.25, 0.3) is 0 Å². The molecule has 60 valence electrons. The van der Waals surface area contributed by atoms with Crippen LogP contribution in [0.3, 0.4) is 0 Å². The van der Waals surface area contributed by atoms with Gasteiger partial charge in [-0.05, 0) is 18.6 Å². The highest BCUT2D eigenvalue weighted by Gasteiger charge is 2.09. The molecule has 0 spiro atoms. The topological polar surface area (TPSA) is 37.3 Å². The number of rotatable bonds is 1. The van der Waals surface area contributed by atoms with E-state index in [-0.39, 0.29) is 4.90 Å². The van der Waals surface area contributed by atoms with E-state index in [0.29, 0.717) is 5.56 Å². The second kappa shape index (κ2) is 3.11. The van der Waals surface area contributed by atoms with E-state index in [1.54, 1.807) is 13.0 Å². The maximum atomic E-state index is 12.7. The standard InChI is InChI=1S/C7H7FO2S/c1-5-3-2-4-6(8)7(5)11(9)10/h2-4H,1H3,(H,9,10). The van der Waals surface area contributed by atoms with Crippen LogP contribution in [0.4, 0.5) is 4.39 Å². The SMILES string of the molecule is Cc1cccc(F)c1S(=O)O. The van der Waals surface area contributed by atoms with E-state index in [4.69, 9.17) is 4.55 Å². The summed E-state index contributed by atoms with van der Waals surface area (Å²) in [5, 5.41) is 0. The maximum absolute atomic E-state index is 12.7. The zero-order chi connectivity index (χ0) is 8.43. The van der Waals surface area contributed by atoms with E-state index >= 15 is 0 Å². The van der Waals surface area contributed by atoms with Crippen LogP contribution < -0.4 is 0 Å². The molecule has 0 aliphatic rings. The zero-order valence-corrected chi connectivity index (χ0v) is 6.69. The Morgan fingerprint density at radius 2 is 2.18 bits per heavy atom. The molecule has 0 radical (unpaired) electrons. The molecule has 1 unspecified atom stereocenters. The molecular weight excluding hydrogens is 167 g/mol. The average Bonchev–Trinajstić information content (AvgIpc) is 1.85. The van der Waals surface area contributed by atoms with Crippen LogP contribution in [0.5, 0.6) is 0 Å². The molecule has 1 N–H and O–H groups in total. The zero-order valence-electron chi connectivity index (χ0n) is 5.87. The molecule has 0 bridgehead atoms. The average molecular weight is 174 g/mol. The summed E-state index contributed by atoms with van der Waals surface area (Å²) in [6.45, 7) is 1.59. The van der Waals surface area contributed by atoms with E-state index in [1.807, 2.05) is 0 Å². The van der Waals surface area contributed by atoms with Gasteiger partial charge in [-0.15, -0.1) is 0 Å². The summed E-state index contributed by atoms with van der Waals surface area (Å²) in [5.41, 5.74) is 0.492. The largest absolute Gasteiger partial charge is 0.302 e. The van der Waals surface area contributed by atoms with Gasteiger partial charge >= 0.3 is 0 Å². The lowest BCUT2D eigenvalue weighted by molar-refractivity contribution is 0.542. The number of hydrogen-bond acceptors (Lipinski definition) is 1. The Bertz CT molecular complexity index is 278. The first kappa shape index (κ1) is 8.36. The predicted octanol–water partition coefficient (Wildman–Crippen LogP) is 1.71. The van der Waals surface area contributed by atoms with Crippen LogP contribution in [-0.4, -0.2) is 8.76 Å². The van der Waals surface area contributed by atoms with Gasteiger partial charge in [-0.3, -0.25) is 0 Å². The highest BCUT2D eigenvalue weighted by Crippen LogP contribution is 2.15. The van der Waals surface area contributed by atoms with Gasteiger partial charge in [-0.1, -0.05) is 12.1 Å². The molecule has 0 aliphatic heterocycles. The molecule has 0 heterocycles. The summed E-state index contributed by atoms with van der Waals surface area (Å²) in [5.74, 6) is -0.633. The minimum absolute atomic E-state index is 0.132. The van der Waals surface area contributed by atoms with E-state index in [2.05, 4.69) is 0 Å². The number of aryl methyl sites for hydroxylation is 1. The van der Waals surface area contributed by atoms with Gasteiger partial charge in [0.25, 0.3) is 0 Å². The molecule has 0 saturated carbocycles. The van der Waals surface area contributed by atoms with Crippen molar-refractivity contribution in [1.82, 2.24) is 0 Å². The van der Waals surface area contributed by atoms with Crippen molar-refractivity contribution in [3.05, 3.63) is 29.6 Å². The summed E-state index contributed by atoms with van der Waals surface area (Å²) in [4.78, 5) is -0.132. The fraction of sp³-hybridized carbons (Fsp3) is 0.143. The van der Waals surface area contributed by atoms with E-state index in [0.717, 1.165) is 6.07 Å². The third kappa shape index (κ3) is 1.64. The second-order valence-electron chi connectivity index (χ2n) is 2.14. The first-order valence-corrected chi connectivity index (χ1v) is 4.09. The van der Waals surface area contributed by atoms with Crippen LogP contribution in [0.1, 0.15) is 5.56 Å². The lowest BCUT2D eigenvalue weighted by atomic mass is 10.2. The number of hydrogen-bond donors (Lipinski definition) is 1. The minimum atomic E-state index is -2.23. The van der Waals surface area contributed by atoms with Crippen LogP contribution >= 0.6 is 0 Å². The quantitative estimate of drug-likeness (QED) is 0.658. The summed E-state index contributed by atoms with van der Waals surface area (Å²) in [6, 6.07) is 4.25. The van der Waals surface area contributed by atoms with Gasteiger partial charge in [0.2, 0.25) is 0 Å². The van der Waals surface area contributed by atoms with Gasteiger partial charge in [0.15, 0.2) is 11.1 Å². The molecule has 1 aromatic rings. The maximum Gasteiger partial charge on any atom is 0.189 e. The Morgan fingerprint density at radius 1 is 1.55 bits per heavy atom. The van der Waals surface area contributed by atoms with Crippen molar-refractivity contribution in [2.45, 2.75) is 11.8 Å². The molecule has 2 nitrogen and oxygen atoms in total. The number of halogens is 1. The molecular formula is C7H7FO2S. The third-order valence-electron chi connectivity index (χ3n) is 1.34. The predicted molar refractivity (Wildman–Crippen MR) is 40.2 cm³/mol. The first-order valence-electron chi connectivity index (χ1n) is 2.99. The molecule has 1 atom stereocenters. The summed E-state index contributed by atoms with van der Waals surface area (Å²) < 4.78 is 31.9. The second-order valence-corrected chi connectivity index (χ2v) is 3.04. The summed E-state index contributed by atoms with van der Waals surface area (Å²) in [6.07, 6.45) is 0. The number of benzene rings is 1. The molecule has 0 aliphatic carbocycles. The van der Waals surface area contributed by atoms with Gasteiger partial charge in [-0.2, -0.15) is 0 Å². The highest BCUT2D eigenvalue weighted by atomic mass is 32.2. The lowest BCUT2D eigenvalue weighted by Gasteiger charge is -2.00. The van der Waals surface area contributed by atoms with Crippen LogP contribution in [0.15, 0.2) is 23.1 Å². The van der Waals surface area contributed by atoms with E-state index in [9.17, 15) is 8.60 Å². The Labute approximate surface area is 66.3 Å². The summed E-state index contributed by atoms with van der Waals surface area (Å²) >= 11 is -2.23. The molecule has 0 aromatic heterocycles.